The first-order valence-corrected chi connectivity index (χ1v) is 8.27. The number of halogens is 1. The second-order valence-electron chi connectivity index (χ2n) is 6.11. The number of rotatable bonds is 5. The molecule has 0 saturated carbocycles. The molecule has 146 valence electrons. The number of anilines is 1. The zero-order valence-corrected chi connectivity index (χ0v) is 14.7. The molecule has 5 atom stereocenters. The maximum Gasteiger partial charge on any atom is 0.333 e. The third-order valence-electron chi connectivity index (χ3n) is 4.51. The smallest absolute Gasteiger partial charge is 0.333 e. The molecular weight excluding hydrogens is 361 g/mol. The summed E-state index contributed by atoms with van der Waals surface area (Å²) in [5.41, 5.74) is 5.08. The van der Waals surface area contributed by atoms with E-state index in [1.165, 1.54) is 7.11 Å². The number of fused-ring (bicyclic) bond motifs is 1. The molecule has 0 aromatic carbocycles. The van der Waals surface area contributed by atoms with Crippen molar-refractivity contribution in [3.05, 3.63) is 10.5 Å². The van der Waals surface area contributed by atoms with Crippen LogP contribution in [0.1, 0.15) is 19.6 Å². The minimum atomic E-state index is -1.90. The Kier molecular flexibility index (Phi) is 5.05. The van der Waals surface area contributed by atoms with E-state index in [9.17, 15) is 19.4 Å². The fourth-order valence-corrected chi connectivity index (χ4v) is 3.19. The third-order valence-corrected chi connectivity index (χ3v) is 4.51. The molecule has 1 saturated heterocycles. The Balaban J connectivity index is 2.23. The SMILES string of the molecule is C#CCn1c(=O)n([C@@H]2O[C@H](C(O)CC)[C@H](F)[C@H]2O)c2nc(N)nc(OC)c21. The zero-order chi connectivity index (χ0) is 19.9. The van der Waals surface area contributed by atoms with Crippen molar-refractivity contribution >= 4 is 17.1 Å². The fourth-order valence-electron chi connectivity index (χ4n) is 3.19. The predicted molar refractivity (Wildman–Crippen MR) is 92.7 cm³/mol. The number of alkyl halides is 1. The van der Waals surface area contributed by atoms with Gasteiger partial charge in [-0.05, 0) is 6.42 Å². The van der Waals surface area contributed by atoms with Gasteiger partial charge in [-0.15, -0.1) is 6.42 Å². The molecule has 10 nitrogen and oxygen atoms in total. The first-order valence-electron chi connectivity index (χ1n) is 8.27. The number of ether oxygens (including phenoxy) is 2. The Labute approximate surface area is 153 Å². The van der Waals surface area contributed by atoms with Gasteiger partial charge in [-0.2, -0.15) is 9.97 Å². The van der Waals surface area contributed by atoms with Crippen LogP contribution < -0.4 is 16.2 Å². The van der Waals surface area contributed by atoms with Crippen LogP contribution in [-0.2, 0) is 11.3 Å². The minimum absolute atomic E-state index is 0.00183. The van der Waals surface area contributed by atoms with Gasteiger partial charge in [-0.1, -0.05) is 12.8 Å². The molecule has 0 spiro atoms. The lowest BCUT2D eigenvalue weighted by molar-refractivity contribution is -0.0799. The lowest BCUT2D eigenvalue weighted by Crippen LogP contribution is -2.36. The Morgan fingerprint density at radius 3 is 2.81 bits per heavy atom. The van der Waals surface area contributed by atoms with Gasteiger partial charge in [0.2, 0.25) is 11.8 Å². The first kappa shape index (κ1) is 19.1. The number of imidazole rings is 1. The highest BCUT2D eigenvalue weighted by atomic mass is 19.1. The fraction of sp³-hybridized carbons (Fsp3) is 0.562. The quantitative estimate of drug-likeness (QED) is 0.572. The van der Waals surface area contributed by atoms with Crippen LogP contribution in [0.25, 0.3) is 11.2 Å². The number of aromatic nitrogens is 4. The summed E-state index contributed by atoms with van der Waals surface area (Å²) in [5.74, 6) is 2.14. The van der Waals surface area contributed by atoms with Gasteiger partial charge < -0.3 is 25.4 Å². The van der Waals surface area contributed by atoms with Gasteiger partial charge in [-0.3, -0.25) is 4.57 Å². The maximum atomic E-state index is 14.5. The number of aliphatic hydroxyl groups excluding tert-OH is 2. The zero-order valence-electron chi connectivity index (χ0n) is 14.7. The molecule has 0 radical (unpaired) electrons. The van der Waals surface area contributed by atoms with Crippen LogP contribution in [0.5, 0.6) is 5.88 Å². The Hall–Kier alpha value is -2.68. The molecule has 1 unspecified atom stereocenters. The van der Waals surface area contributed by atoms with Gasteiger partial charge in [0.1, 0.15) is 12.2 Å². The molecule has 3 heterocycles. The van der Waals surface area contributed by atoms with E-state index in [1.54, 1.807) is 6.92 Å². The van der Waals surface area contributed by atoms with Crippen LogP contribution in [-0.4, -0.2) is 60.9 Å². The van der Waals surface area contributed by atoms with Crippen molar-refractivity contribution in [3.8, 4) is 18.2 Å². The van der Waals surface area contributed by atoms with E-state index in [1.807, 2.05) is 0 Å². The molecule has 2 aromatic heterocycles. The maximum absolute atomic E-state index is 14.5. The Morgan fingerprint density at radius 1 is 1.52 bits per heavy atom. The summed E-state index contributed by atoms with van der Waals surface area (Å²) in [6.45, 7) is 1.50. The van der Waals surface area contributed by atoms with Crippen LogP contribution >= 0.6 is 0 Å². The topological polar surface area (TPSA) is 138 Å². The van der Waals surface area contributed by atoms with E-state index in [0.29, 0.717) is 0 Å². The summed E-state index contributed by atoms with van der Waals surface area (Å²) in [5, 5.41) is 20.3. The average Bonchev–Trinajstić information content (AvgIpc) is 3.08. The van der Waals surface area contributed by atoms with Crippen molar-refractivity contribution < 1.29 is 24.1 Å². The van der Waals surface area contributed by atoms with Crippen molar-refractivity contribution in [3.63, 3.8) is 0 Å². The average molecular weight is 381 g/mol. The largest absolute Gasteiger partial charge is 0.479 e. The number of nitrogen functional groups attached to an aromatic ring is 1. The Bertz CT molecular complexity index is 951. The van der Waals surface area contributed by atoms with Crippen molar-refractivity contribution in [1.82, 2.24) is 19.1 Å². The highest BCUT2D eigenvalue weighted by Crippen LogP contribution is 2.35. The second-order valence-corrected chi connectivity index (χ2v) is 6.11. The van der Waals surface area contributed by atoms with Crippen LogP contribution in [0.2, 0.25) is 0 Å². The normalized spacial score (nSPS) is 26.2. The molecule has 0 bridgehead atoms. The lowest BCUT2D eigenvalue weighted by atomic mass is 10.1. The van der Waals surface area contributed by atoms with Gasteiger partial charge in [0, 0.05) is 0 Å². The van der Waals surface area contributed by atoms with E-state index >= 15 is 0 Å². The highest BCUT2D eigenvalue weighted by molar-refractivity contribution is 5.78. The molecule has 1 aliphatic heterocycles. The summed E-state index contributed by atoms with van der Waals surface area (Å²) in [6.07, 6.45) is -1.94. The summed E-state index contributed by atoms with van der Waals surface area (Å²) < 4.78 is 27.2. The molecule has 27 heavy (non-hydrogen) atoms. The molecule has 2 aromatic rings. The monoisotopic (exact) mass is 381 g/mol. The van der Waals surface area contributed by atoms with Gasteiger partial charge in [-0.25, -0.2) is 13.8 Å². The van der Waals surface area contributed by atoms with Crippen LogP contribution in [0.3, 0.4) is 0 Å². The van der Waals surface area contributed by atoms with Gasteiger partial charge >= 0.3 is 5.69 Å². The summed E-state index contributed by atoms with van der Waals surface area (Å²) in [6, 6.07) is 0. The van der Waals surface area contributed by atoms with Gasteiger partial charge in [0.05, 0.1) is 19.8 Å². The molecule has 0 aliphatic carbocycles. The van der Waals surface area contributed by atoms with Crippen molar-refractivity contribution in [1.29, 1.82) is 0 Å². The minimum Gasteiger partial charge on any atom is -0.479 e. The van der Waals surface area contributed by atoms with E-state index < -0.39 is 36.4 Å². The van der Waals surface area contributed by atoms with E-state index in [4.69, 9.17) is 21.6 Å². The molecule has 11 heteroatoms. The molecular formula is C16H20FN5O5. The van der Waals surface area contributed by atoms with Crippen molar-refractivity contribution in [2.75, 3.05) is 12.8 Å². The summed E-state index contributed by atoms with van der Waals surface area (Å²) in [7, 11) is 1.33. The van der Waals surface area contributed by atoms with Crippen molar-refractivity contribution in [2.24, 2.45) is 0 Å². The number of nitrogens with two attached hydrogens (primary N) is 1. The number of hydrogen-bond acceptors (Lipinski definition) is 8. The Morgan fingerprint density at radius 2 is 2.22 bits per heavy atom. The molecule has 1 aliphatic rings. The number of methoxy groups -OCH3 is 1. The second kappa shape index (κ2) is 7.15. The van der Waals surface area contributed by atoms with Crippen LogP contribution in [0.4, 0.5) is 10.3 Å². The highest BCUT2D eigenvalue weighted by Gasteiger charge is 2.49. The van der Waals surface area contributed by atoms with Crippen LogP contribution in [0.15, 0.2) is 4.79 Å². The molecule has 1 fully saturated rings. The number of terminal acetylenes is 1. The first-order chi connectivity index (χ1) is 12.8. The van der Waals surface area contributed by atoms with Gasteiger partial charge in [0.25, 0.3) is 0 Å². The third kappa shape index (κ3) is 2.91. The standard InChI is InChI=1S/C16H20FN5O5/c1-4-6-21-9-12(19-15(18)20-13(9)26-3)22(16(21)25)14-10(24)8(17)11(27-14)7(23)5-2/h1,7-8,10-11,14,23-24H,5-6H2,2-3H3,(H2,18,19,20)/t7?,8-,10-,11-,14-/m1/s1. The van der Waals surface area contributed by atoms with Crippen LogP contribution in [0, 0.1) is 12.3 Å². The van der Waals surface area contributed by atoms with E-state index in [-0.39, 0.29) is 36.0 Å². The predicted octanol–water partition coefficient (Wildman–Crippen LogP) is -0.816. The number of hydrogen-bond donors (Lipinski definition) is 3. The van der Waals surface area contributed by atoms with E-state index in [0.717, 1.165) is 9.13 Å². The molecule has 3 rings (SSSR count). The summed E-state index contributed by atoms with van der Waals surface area (Å²) >= 11 is 0. The van der Waals surface area contributed by atoms with Gasteiger partial charge in [0.15, 0.2) is 23.6 Å². The lowest BCUT2D eigenvalue weighted by Gasteiger charge is -2.18. The molecule has 4 N–H and O–H groups in total. The van der Waals surface area contributed by atoms with Crippen molar-refractivity contribution in [2.45, 2.75) is 50.6 Å². The molecule has 0 amide bonds. The van der Waals surface area contributed by atoms with E-state index in [2.05, 4.69) is 15.9 Å². The number of nitrogens with zero attached hydrogens (tertiary/aromatic N) is 4. The number of aliphatic hydroxyl groups is 2. The summed E-state index contributed by atoms with van der Waals surface area (Å²) in [4.78, 5) is 20.9.